The standard InChI is InChI=1S/C18H14F6N4O2/c1-9-15-11(18(22,23)24)7-14(26-16(15)28(2)27-9)30-8-13(29)25-12-6-4-3-5-10(12)17(19,20)21/h3-7H,8H2,1-2H3,(H,25,29). The number of ether oxygens (including phenoxy) is 1. The van der Waals surface area contributed by atoms with Gasteiger partial charge < -0.3 is 10.1 Å². The Balaban J connectivity index is 1.83. The molecule has 2 heterocycles. The molecule has 0 spiro atoms. The van der Waals surface area contributed by atoms with Gasteiger partial charge in [0, 0.05) is 13.1 Å². The third-order valence-electron chi connectivity index (χ3n) is 4.11. The summed E-state index contributed by atoms with van der Waals surface area (Å²) in [5.41, 5.74) is -2.61. The lowest BCUT2D eigenvalue weighted by Gasteiger charge is -2.14. The molecule has 2 aromatic heterocycles. The molecule has 6 nitrogen and oxygen atoms in total. The minimum atomic E-state index is -4.74. The highest BCUT2D eigenvalue weighted by Gasteiger charge is 2.36. The van der Waals surface area contributed by atoms with E-state index in [-0.39, 0.29) is 16.7 Å². The van der Waals surface area contributed by atoms with Crippen LogP contribution in [-0.2, 0) is 24.2 Å². The molecule has 0 aliphatic rings. The number of nitrogens with one attached hydrogen (secondary N) is 1. The fraction of sp³-hybridized carbons (Fsp3) is 0.278. The molecule has 0 atom stereocenters. The molecule has 0 aliphatic carbocycles. The van der Waals surface area contributed by atoms with Crippen LogP contribution in [0.1, 0.15) is 16.8 Å². The van der Waals surface area contributed by atoms with Gasteiger partial charge >= 0.3 is 12.4 Å². The Bertz CT molecular complexity index is 1100. The van der Waals surface area contributed by atoms with Crippen molar-refractivity contribution in [3.63, 3.8) is 0 Å². The van der Waals surface area contributed by atoms with Gasteiger partial charge in [0.25, 0.3) is 5.91 Å². The summed E-state index contributed by atoms with van der Waals surface area (Å²) >= 11 is 0. The molecular weight excluding hydrogens is 418 g/mol. The average Bonchev–Trinajstić information content (AvgIpc) is 2.92. The van der Waals surface area contributed by atoms with Crippen LogP contribution < -0.4 is 10.1 Å². The summed E-state index contributed by atoms with van der Waals surface area (Å²) in [5, 5.41) is 5.73. The predicted octanol–water partition coefficient (Wildman–Crippen LogP) is 4.33. The van der Waals surface area contributed by atoms with Crippen LogP contribution in [0.15, 0.2) is 30.3 Å². The number of nitrogens with zero attached hydrogens (tertiary/aromatic N) is 3. The summed E-state index contributed by atoms with van der Waals surface area (Å²) in [4.78, 5) is 15.9. The van der Waals surface area contributed by atoms with E-state index in [1.165, 1.54) is 20.0 Å². The first-order chi connectivity index (χ1) is 13.9. The Morgan fingerprint density at radius 3 is 2.37 bits per heavy atom. The van der Waals surface area contributed by atoms with Crippen molar-refractivity contribution in [3.8, 4) is 5.88 Å². The van der Waals surface area contributed by atoms with Crippen molar-refractivity contribution in [2.45, 2.75) is 19.3 Å². The number of aryl methyl sites for hydroxylation is 2. The zero-order valence-corrected chi connectivity index (χ0v) is 15.5. The fourth-order valence-electron chi connectivity index (χ4n) is 2.88. The number of fused-ring (bicyclic) bond motifs is 1. The van der Waals surface area contributed by atoms with E-state index in [0.717, 1.165) is 22.9 Å². The zero-order chi connectivity index (χ0) is 22.3. The van der Waals surface area contributed by atoms with Gasteiger partial charge in [-0.05, 0) is 19.1 Å². The molecule has 160 valence electrons. The molecule has 0 aliphatic heterocycles. The molecule has 1 aromatic carbocycles. The smallest absolute Gasteiger partial charge is 0.418 e. The lowest BCUT2D eigenvalue weighted by atomic mass is 10.1. The number of alkyl halides is 6. The van der Waals surface area contributed by atoms with Crippen molar-refractivity contribution < 1.29 is 35.9 Å². The maximum atomic E-state index is 13.4. The molecule has 0 bridgehead atoms. The van der Waals surface area contributed by atoms with Gasteiger partial charge in [-0.15, -0.1) is 0 Å². The Morgan fingerprint density at radius 1 is 1.10 bits per heavy atom. The maximum Gasteiger partial charge on any atom is 0.418 e. The number of pyridine rings is 1. The summed E-state index contributed by atoms with van der Waals surface area (Å²) in [5.74, 6) is -1.51. The largest absolute Gasteiger partial charge is 0.467 e. The van der Waals surface area contributed by atoms with Crippen LogP contribution in [0.2, 0.25) is 0 Å². The molecule has 3 rings (SSSR count). The van der Waals surface area contributed by atoms with Gasteiger partial charge in [-0.1, -0.05) is 12.1 Å². The molecule has 1 amide bonds. The number of carbonyl (C=O) groups excluding carboxylic acids is 1. The van der Waals surface area contributed by atoms with Crippen LogP contribution in [0, 0.1) is 6.92 Å². The lowest BCUT2D eigenvalue weighted by molar-refractivity contribution is -0.137. The molecule has 0 unspecified atom stereocenters. The number of anilines is 1. The van der Waals surface area contributed by atoms with Crippen molar-refractivity contribution in [2.24, 2.45) is 7.05 Å². The van der Waals surface area contributed by atoms with Gasteiger partial charge in [-0.2, -0.15) is 36.4 Å². The number of benzene rings is 1. The number of carbonyl (C=O) groups is 1. The normalized spacial score (nSPS) is 12.3. The van der Waals surface area contributed by atoms with Crippen LogP contribution in [0.4, 0.5) is 32.0 Å². The van der Waals surface area contributed by atoms with E-state index in [1.807, 2.05) is 5.32 Å². The first kappa shape index (κ1) is 21.4. The van der Waals surface area contributed by atoms with Gasteiger partial charge in [0.15, 0.2) is 12.3 Å². The summed E-state index contributed by atoms with van der Waals surface area (Å²) in [7, 11) is 1.40. The van der Waals surface area contributed by atoms with Gasteiger partial charge in [0.05, 0.1) is 27.9 Å². The first-order valence-corrected chi connectivity index (χ1v) is 8.38. The Labute approximate surface area is 165 Å². The second-order valence-electron chi connectivity index (χ2n) is 6.29. The topological polar surface area (TPSA) is 69.0 Å². The Kier molecular flexibility index (Phi) is 5.35. The van der Waals surface area contributed by atoms with Gasteiger partial charge in [0.2, 0.25) is 5.88 Å². The molecule has 0 radical (unpaired) electrons. The van der Waals surface area contributed by atoms with E-state index in [0.29, 0.717) is 6.07 Å². The molecule has 12 heteroatoms. The SMILES string of the molecule is Cc1nn(C)c2nc(OCC(=O)Nc3ccccc3C(F)(F)F)cc(C(F)(F)F)c12. The molecule has 30 heavy (non-hydrogen) atoms. The summed E-state index contributed by atoms with van der Waals surface area (Å²) in [6.45, 7) is 0.546. The van der Waals surface area contributed by atoms with E-state index in [4.69, 9.17) is 4.74 Å². The van der Waals surface area contributed by atoms with Crippen molar-refractivity contribution >= 4 is 22.6 Å². The van der Waals surface area contributed by atoms with Crippen LogP contribution in [0.25, 0.3) is 11.0 Å². The molecule has 3 aromatic rings. The zero-order valence-electron chi connectivity index (χ0n) is 15.5. The number of hydrogen-bond donors (Lipinski definition) is 1. The van der Waals surface area contributed by atoms with Crippen molar-refractivity contribution in [1.29, 1.82) is 0 Å². The van der Waals surface area contributed by atoms with E-state index in [1.54, 1.807) is 0 Å². The maximum absolute atomic E-state index is 13.4. The highest BCUT2D eigenvalue weighted by atomic mass is 19.4. The van der Waals surface area contributed by atoms with E-state index in [2.05, 4.69) is 10.1 Å². The molecular formula is C18H14F6N4O2. The van der Waals surface area contributed by atoms with Gasteiger partial charge in [0.1, 0.15) is 0 Å². The van der Waals surface area contributed by atoms with Gasteiger partial charge in [-0.25, -0.2) is 0 Å². The number of hydrogen-bond acceptors (Lipinski definition) is 4. The molecule has 1 N–H and O–H groups in total. The average molecular weight is 432 g/mol. The monoisotopic (exact) mass is 432 g/mol. The van der Waals surface area contributed by atoms with Crippen molar-refractivity contribution in [1.82, 2.24) is 14.8 Å². The van der Waals surface area contributed by atoms with E-state index >= 15 is 0 Å². The summed E-state index contributed by atoms with van der Waals surface area (Å²) in [6.07, 6.45) is -9.43. The van der Waals surface area contributed by atoms with Crippen LogP contribution in [0.5, 0.6) is 5.88 Å². The second-order valence-corrected chi connectivity index (χ2v) is 6.29. The van der Waals surface area contributed by atoms with E-state index < -0.39 is 47.6 Å². The quantitative estimate of drug-likeness (QED) is 0.624. The number of rotatable bonds is 4. The Hall–Kier alpha value is -3.31. The number of halogens is 6. The highest BCUT2D eigenvalue weighted by molar-refractivity contribution is 5.92. The second kappa shape index (κ2) is 7.50. The number of amides is 1. The van der Waals surface area contributed by atoms with Gasteiger partial charge in [-0.3, -0.25) is 9.48 Å². The molecule has 0 saturated heterocycles. The van der Waals surface area contributed by atoms with Crippen molar-refractivity contribution in [3.05, 3.63) is 47.2 Å². The first-order valence-electron chi connectivity index (χ1n) is 8.38. The predicted molar refractivity (Wildman–Crippen MR) is 93.8 cm³/mol. The minimum Gasteiger partial charge on any atom is -0.467 e. The van der Waals surface area contributed by atoms with Crippen LogP contribution in [0.3, 0.4) is 0 Å². The third-order valence-corrected chi connectivity index (χ3v) is 4.11. The van der Waals surface area contributed by atoms with Crippen molar-refractivity contribution in [2.75, 3.05) is 11.9 Å². The highest BCUT2D eigenvalue weighted by Crippen LogP contribution is 2.37. The number of aromatic nitrogens is 3. The van der Waals surface area contributed by atoms with Crippen LogP contribution in [-0.4, -0.2) is 27.3 Å². The third kappa shape index (κ3) is 4.31. The Morgan fingerprint density at radius 2 is 1.73 bits per heavy atom. The van der Waals surface area contributed by atoms with Crippen LogP contribution >= 0.6 is 0 Å². The summed E-state index contributed by atoms with van der Waals surface area (Å²) < 4.78 is 85.4. The summed E-state index contributed by atoms with van der Waals surface area (Å²) in [6, 6.07) is 4.90. The molecule has 0 saturated carbocycles. The fourth-order valence-corrected chi connectivity index (χ4v) is 2.88. The van der Waals surface area contributed by atoms with E-state index in [9.17, 15) is 31.1 Å². The minimum absolute atomic E-state index is 0.111. The number of para-hydroxylation sites is 1. The lowest BCUT2D eigenvalue weighted by Crippen LogP contribution is -2.22. The molecule has 0 fully saturated rings.